The summed E-state index contributed by atoms with van der Waals surface area (Å²) >= 11 is 7.99. The second kappa shape index (κ2) is 9.28. The zero-order valence-corrected chi connectivity index (χ0v) is 18.4. The van der Waals surface area contributed by atoms with Gasteiger partial charge >= 0.3 is 5.97 Å². The molecule has 0 saturated carbocycles. The standard InChI is InChI=1S/C22H18ClN5O2S/c1-14-25-26-27-28(14)20(10-15-6-4-3-5-7-15)22(29)30-13-17-11-16-8-9-18(31-2)12-19(16)24-21(17)23/h3-12H,13H2,1-2H3/b20-10-. The van der Waals surface area contributed by atoms with E-state index >= 15 is 0 Å². The largest absolute Gasteiger partial charge is 0.456 e. The quantitative estimate of drug-likeness (QED) is 0.183. The van der Waals surface area contributed by atoms with Crippen LogP contribution in [0.25, 0.3) is 22.7 Å². The summed E-state index contributed by atoms with van der Waals surface area (Å²) in [5.74, 6) is -0.109. The predicted octanol–water partition coefficient (Wildman–Crippen LogP) is 4.65. The van der Waals surface area contributed by atoms with Crippen LogP contribution < -0.4 is 0 Å². The number of ether oxygens (including phenoxy) is 1. The molecule has 31 heavy (non-hydrogen) atoms. The molecule has 0 aliphatic heterocycles. The number of nitrogens with zero attached hydrogens (tertiary/aromatic N) is 5. The molecule has 0 radical (unpaired) electrons. The molecule has 4 rings (SSSR count). The maximum absolute atomic E-state index is 13.0. The Kier molecular flexibility index (Phi) is 6.29. The summed E-state index contributed by atoms with van der Waals surface area (Å²) in [6.45, 7) is 1.68. The highest BCUT2D eigenvalue weighted by Gasteiger charge is 2.19. The Morgan fingerprint density at radius 1 is 1.19 bits per heavy atom. The fraction of sp³-hybridized carbons (Fsp3) is 0.136. The summed E-state index contributed by atoms with van der Waals surface area (Å²) in [4.78, 5) is 18.5. The van der Waals surface area contributed by atoms with Gasteiger partial charge in [0, 0.05) is 15.8 Å². The normalized spacial score (nSPS) is 11.6. The molecule has 2 heterocycles. The number of pyridine rings is 1. The zero-order valence-electron chi connectivity index (χ0n) is 16.8. The molecule has 156 valence electrons. The van der Waals surface area contributed by atoms with Gasteiger partial charge in [-0.25, -0.2) is 9.78 Å². The van der Waals surface area contributed by atoms with E-state index in [4.69, 9.17) is 16.3 Å². The molecule has 0 fully saturated rings. The highest BCUT2D eigenvalue weighted by molar-refractivity contribution is 7.98. The van der Waals surface area contributed by atoms with Crippen molar-refractivity contribution in [2.75, 3.05) is 6.26 Å². The van der Waals surface area contributed by atoms with Gasteiger partial charge in [-0.2, -0.15) is 4.68 Å². The van der Waals surface area contributed by atoms with Crippen molar-refractivity contribution in [1.82, 2.24) is 25.2 Å². The lowest BCUT2D eigenvalue weighted by Crippen LogP contribution is -2.15. The van der Waals surface area contributed by atoms with Crippen molar-refractivity contribution in [2.24, 2.45) is 0 Å². The summed E-state index contributed by atoms with van der Waals surface area (Å²) < 4.78 is 6.91. The average molecular weight is 452 g/mol. The van der Waals surface area contributed by atoms with Crippen molar-refractivity contribution < 1.29 is 9.53 Å². The van der Waals surface area contributed by atoms with Crippen LogP contribution in [0.5, 0.6) is 0 Å². The molecular weight excluding hydrogens is 434 g/mol. The van der Waals surface area contributed by atoms with E-state index in [1.54, 1.807) is 24.8 Å². The van der Waals surface area contributed by atoms with Gasteiger partial charge < -0.3 is 4.74 Å². The molecule has 2 aromatic carbocycles. The lowest BCUT2D eigenvalue weighted by atomic mass is 10.1. The lowest BCUT2D eigenvalue weighted by Gasteiger charge is -2.11. The minimum atomic E-state index is -0.576. The molecule has 2 aromatic heterocycles. The lowest BCUT2D eigenvalue weighted by molar-refractivity contribution is -0.138. The summed E-state index contributed by atoms with van der Waals surface area (Å²) in [5.41, 5.74) is 2.43. The smallest absolute Gasteiger partial charge is 0.357 e. The van der Waals surface area contributed by atoms with E-state index in [0.29, 0.717) is 16.5 Å². The van der Waals surface area contributed by atoms with Crippen LogP contribution in [0.15, 0.2) is 59.5 Å². The number of tetrazole rings is 1. The van der Waals surface area contributed by atoms with Crippen LogP contribution in [0.4, 0.5) is 0 Å². The number of rotatable bonds is 6. The molecule has 9 heteroatoms. The molecule has 0 saturated heterocycles. The summed E-state index contributed by atoms with van der Waals surface area (Å²) in [5, 5.41) is 12.6. The zero-order chi connectivity index (χ0) is 21.8. The number of fused-ring (bicyclic) bond motifs is 1. The van der Waals surface area contributed by atoms with Crippen LogP contribution in [0.2, 0.25) is 5.15 Å². The van der Waals surface area contributed by atoms with Crippen molar-refractivity contribution in [3.63, 3.8) is 0 Å². The fourth-order valence-corrected chi connectivity index (χ4v) is 3.61. The number of carbonyl (C=O) groups excluding carboxylic acids is 1. The van der Waals surface area contributed by atoms with Crippen LogP contribution >= 0.6 is 23.4 Å². The number of halogens is 1. The van der Waals surface area contributed by atoms with Crippen molar-refractivity contribution in [3.8, 4) is 0 Å². The molecule has 0 N–H and O–H groups in total. The van der Waals surface area contributed by atoms with Crippen molar-refractivity contribution >= 4 is 52.0 Å². The highest BCUT2D eigenvalue weighted by atomic mass is 35.5. The molecule has 0 unspecified atom stereocenters. The molecule has 0 aliphatic rings. The first kappa shape index (κ1) is 21.0. The van der Waals surface area contributed by atoms with Gasteiger partial charge in [0.05, 0.1) is 5.52 Å². The fourth-order valence-electron chi connectivity index (χ4n) is 2.98. The number of hydrogen-bond donors (Lipinski definition) is 0. The minimum Gasteiger partial charge on any atom is -0.456 e. The summed E-state index contributed by atoms with van der Waals surface area (Å²) in [6, 6.07) is 17.2. The second-order valence-electron chi connectivity index (χ2n) is 6.65. The van der Waals surface area contributed by atoms with Gasteiger partial charge in [-0.3, -0.25) is 0 Å². The van der Waals surface area contributed by atoms with E-state index in [1.807, 2.05) is 60.9 Å². The summed E-state index contributed by atoms with van der Waals surface area (Å²) in [7, 11) is 0. The van der Waals surface area contributed by atoms with Gasteiger partial charge in [0.15, 0.2) is 11.5 Å². The number of thioether (sulfide) groups is 1. The Morgan fingerprint density at radius 2 is 2.00 bits per heavy atom. The molecule has 0 spiro atoms. The topological polar surface area (TPSA) is 82.8 Å². The maximum Gasteiger partial charge on any atom is 0.357 e. The van der Waals surface area contributed by atoms with E-state index in [0.717, 1.165) is 21.4 Å². The summed E-state index contributed by atoms with van der Waals surface area (Å²) in [6.07, 6.45) is 3.68. The molecule has 0 bridgehead atoms. The third kappa shape index (κ3) is 4.76. The molecule has 0 atom stereocenters. The van der Waals surface area contributed by atoms with Crippen molar-refractivity contribution in [2.45, 2.75) is 18.4 Å². The SMILES string of the molecule is CSc1ccc2cc(COC(=O)/C(=C/c3ccccc3)n3nnnc3C)c(Cl)nc2c1. The first-order valence-corrected chi connectivity index (χ1v) is 11.0. The van der Waals surface area contributed by atoms with E-state index in [-0.39, 0.29) is 12.3 Å². The van der Waals surface area contributed by atoms with Gasteiger partial charge in [0.1, 0.15) is 11.8 Å². The van der Waals surface area contributed by atoms with Gasteiger partial charge in [0.25, 0.3) is 0 Å². The van der Waals surface area contributed by atoms with Crippen LogP contribution in [0.3, 0.4) is 0 Å². The molecular formula is C22H18ClN5O2S. The monoisotopic (exact) mass is 451 g/mol. The maximum atomic E-state index is 13.0. The van der Waals surface area contributed by atoms with E-state index < -0.39 is 5.97 Å². The number of esters is 1. The predicted molar refractivity (Wildman–Crippen MR) is 121 cm³/mol. The minimum absolute atomic E-state index is 0.0296. The van der Waals surface area contributed by atoms with Crippen LogP contribution in [0.1, 0.15) is 17.0 Å². The Hall–Kier alpha value is -3.23. The number of carbonyl (C=O) groups is 1. The molecule has 0 amide bonds. The van der Waals surface area contributed by atoms with Crippen LogP contribution in [0, 0.1) is 6.92 Å². The van der Waals surface area contributed by atoms with Crippen LogP contribution in [-0.2, 0) is 16.1 Å². The number of hydrogen-bond acceptors (Lipinski definition) is 7. The van der Waals surface area contributed by atoms with Gasteiger partial charge in [-0.15, -0.1) is 16.9 Å². The molecule has 7 nitrogen and oxygen atoms in total. The van der Waals surface area contributed by atoms with Crippen molar-refractivity contribution in [3.05, 3.63) is 76.7 Å². The van der Waals surface area contributed by atoms with Gasteiger partial charge in [0.2, 0.25) is 0 Å². The Morgan fingerprint density at radius 3 is 2.71 bits per heavy atom. The molecule has 4 aromatic rings. The van der Waals surface area contributed by atoms with Gasteiger partial charge in [-0.05, 0) is 53.4 Å². The van der Waals surface area contributed by atoms with E-state index in [2.05, 4.69) is 20.5 Å². The second-order valence-corrected chi connectivity index (χ2v) is 7.89. The molecule has 0 aliphatic carbocycles. The third-order valence-corrected chi connectivity index (χ3v) is 5.63. The number of benzene rings is 2. The Bertz CT molecular complexity index is 1270. The highest BCUT2D eigenvalue weighted by Crippen LogP contribution is 2.25. The number of aromatic nitrogens is 5. The average Bonchev–Trinajstić information content (AvgIpc) is 3.21. The Labute approximate surface area is 188 Å². The first-order valence-electron chi connectivity index (χ1n) is 9.37. The van der Waals surface area contributed by atoms with E-state index in [9.17, 15) is 4.79 Å². The van der Waals surface area contributed by atoms with Crippen LogP contribution in [-0.4, -0.2) is 37.4 Å². The van der Waals surface area contributed by atoms with Crippen molar-refractivity contribution in [1.29, 1.82) is 0 Å². The number of aryl methyl sites for hydroxylation is 1. The third-order valence-electron chi connectivity index (χ3n) is 4.58. The Balaban J connectivity index is 1.60. The first-order chi connectivity index (χ1) is 15.0. The van der Waals surface area contributed by atoms with E-state index in [1.165, 1.54) is 4.68 Å². The van der Waals surface area contributed by atoms with Gasteiger partial charge in [-0.1, -0.05) is 48.0 Å².